The third-order valence-corrected chi connectivity index (χ3v) is 4.81. The number of nitrogens with zero attached hydrogens (tertiary/aromatic N) is 2. The molecule has 0 bridgehead atoms. The Kier molecular flexibility index (Phi) is 5.63. The van der Waals surface area contributed by atoms with E-state index in [0.717, 1.165) is 29.5 Å². The van der Waals surface area contributed by atoms with Crippen LogP contribution in [0.25, 0.3) is 11.1 Å². The smallest absolute Gasteiger partial charge is 0.410 e. The van der Waals surface area contributed by atoms with E-state index in [9.17, 15) is 9.59 Å². The molecule has 2 amide bonds. The van der Waals surface area contributed by atoms with E-state index in [1.165, 1.54) is 0 Å². The summed E-state index contributed by atoms with van der Waals surface area (Å²) in [6.07, 6.45) is 1.66. The summed E-state index contributed by atoms with van der Waals surface area (Å²) in [4.78, 5) is 30.6. The Morgan fingerprint density at radius 1 is 1.25 bits per heavy atom. The van der Waals surface area contributed by atoms with Gasteiger partial charge in [-0.3, -0.25) is 10.1 Å². The summed E-state index contributed by atoms with van der Waals surface area (Å²) in [5.74, 6) is 0.115. The minimum Gasteiger partial charge on any atom is -0.444 e. The normalized spacial score (nSPS) is 15.7. The fourth-order valence-corrected chi connectivity index (χ4v) is 3.51. The molecule has 2 aromatic rings. The Morgan fingerprint density at radius 2 is 1.93 bits per heavy atom. The number of piperidine rings is 1. The van der Waals surface area contributed by atoms with Gasteiger partial charge in [0.25, 0.3) is 0 Å². The van der Waals surface area contributed by atoms with Crippen molar-refractivity contribution >= 4 is 29.1 Å². The standard InChI is InChI=1S/C21H29N3O4/c1-13-10-14(2)18-16(11-13)22-19(27-18)23-17(25)12-15-6-8-24(9-7-15)20(26)28-21(3,4)5/h10-11,15H,6-9,12H2,1-5H3,(H,22,23,25). The summed E-state index contributed by atoms with van der Waals surface area (Å²) < 4.78 is 11.1. The predicted molar refractivity (Wildman–Crippen MR) is 107 cm³/mol. The third-order valence-electron chi connectivity index (χ3n) is 4.81. The van der Waals surface area contributed by atoms with Gasteiger partial charge in [-0.05, 0) is 70.6 Å². The highest BCUT2D eigenvalue weighted by Gasteiger charge is 2.28. The van der Waals surface area contributed by atoms with Gasteiger partial charge < -0.3 is 14.1 Å². The fraction of sp³-hybridized carbons (Fsp3) is 0.571. The lowest BCUT2D eigenvalue weighted by Crippen LogP contribution is -2.42. The first-order chi connectivity index (χ1) is 13.1. The first kappa shape index (κ1) is 20.2. The molecule has 28 heavy (non-hydrogen) atoms. The number of carbonyl (C=O) groups excluding carboxylic acids is 2. The number of nitrogens with one attached hydrogen (secondary N) is 1. The van der Waals surface area contributed by atoms with E-state index < -0.39 is 5.60 Å². The van der Waals surface area contributed by atoms with Crippen LogP contribution in [0.5, 0.6) is 0 Å². The maximum Gasteiger partial charge on any atom is 0.410 e. The molecule has 0 radical (unpaired) electrons. The van der Waals surface area contributed by atoms with E-state index in [-0.39, 0.29) is 23.9 Å². The number of aromatic nitrogens is 1. The Labute approximate surface area is 165 Å². The molecule has 1 N–H and O–H groups in total. The minimum absolute atomic E-state index is 0.114. The number of oxazole rings is 1. The van der Waals surface area contributed by atoms with Gasteiger partial charge in [0.05, 0.1) is 0 Å². The van der Waals surface area contributed by atoms with Crippen LogP contribution in [0.4, 0.5) is 10.8 Å². The van der Waals surface area contributed by atoms with Gasteiger partial charge >= 0.3 is 12.1 Å². The van der Waals surface area contributed by atoms with Crippen LogP contribution in [0.2, 0.25) is 0 Å². The zero-order valence-corrected chi connectivity index (χ0v) is 17.3. The van der Waals surface area contributed by atoms with E-state index in [2.05, 4.69) is 10.3 Å². The highest BCUT2D eigenvalue weighted by atomic mass is 16.6. The second-order valence-corrected chi connectivity index (χ2v) is 8.61. The van der Waals surface area contributed by atoms with Gasteiger partial charge in [0.2, 0.25) is 5.91 Å². The Bertz CT molecular complexity index is 874. The van der Waals surface area contributed by atoms with Crippen molar-refractivity contribution in [3.8, 4) is 0 Å². The zero-order valence-electron chi connectivity index (χ0n) is 17.3. The van der Waals surface area contributed by atoms with Crippen molar-refractivity contribution in [3.63, 3.8) is 0 Å². The lowest BCUT2D eigenvalue weighted by molar-refractivity contribution is -0.117. The van der Waals surface area contributed by atoms with E-state index in [4.69, 9.17) is 9.15 Å². The molecule has 152 valence electrons. The summed E-state index contributed by atoms with van der Waals surface area (Å²) >= 11 is 0. The van der Waals surface area contributed by atoms with Crippen molar-refractivity contribution in [3.05, 3.63) is 23.3 Å². The molecular weight excluding hydrogens is 358 g/mol. The van der Waals surface area contributed by atoms with Gasteiger partial charge in [-0.25, -0.2) is 4.79 Å². The lowest BCUT2D eigenvalue weighted by Gasteiger charge is -2.33. The number of rotatable bonds is 3. The number of amides is 2. The number of aryl methyl sites for hydroxylation is 2. The topological polar surface area (TPSA) is 84.7 Å². The van der Waals surface area contributed by atoms with Crippen LogP contribution in [0, 0.1) is 19.8 Å². The molecule has 1 aliphatic rings. The highest BCUT2D eigenvalue weighted by Crippen LogP contribution is 2.26. The molecule has 1 fully saturated rings. The van der Waals surface area contributed by atoms with Crippen molar-refractivity contribution in [2.45, 2.75) is 59.5 Å². The van der Waals surface area contributed by atoms with Gasteiger partial charge in [-0.2, -0.15) is 4.98 Å². The van der Waals surface area contributed by atoms with E-state index in [1.54, 1.807) is 4.90 Å². The van der Waals surface area contributed by atoms with Crippen LogP contribution >= 0.6 is 0 Å². The molecular formula is C21H29N3O4. The van der Waals surface area contributed by atoms with Crippen molar-refractivity contribution in [1.82, 2.24) is 9.88 Å². The molecule has 2 heterocycles. The maximum atomic E-state index is 12.4. The SMILES string of the molecule is Cc1cc(C)c2oc(NC(=O)CC3CCN(C(=O)OC(C)(C)C)CC3)nc2c1. The number of hydrogen-bond donors (Lipinski definition) is 1. The largest absolute Gasteiger partial charge is 0.444 e. The fourth-order valence-electron chi connectivity index (χ4n) is 3.51. The average molecular weight is 387 g/mol. The molecule has 0 unspecified atom stereocenters. The third kappa shape index (κ3) is 5.03. The molecule has 0 aliphatic carbocycles. The Balaban J connectivity index is 1.51. The summed E-state index contributed by atoms with van der Waals surface area (Å²) in [5, 5.41) is 2.77. The van der Waals surface area contributed by atoms with E-state index in [0.29, 0.717) is 25.1 Å². The van der Waals surface area contributed by atoms with Crippen LogP contribution in [0.15, 0.2) is 16.5 Å². The molecule has 1 aromatic heterocycles. The van der Waals surface area contributed by atoms with Crippen molar-refractivity contribution in [2.24, 2.45) is 5.92 Å². The van der Waals surface area contributed by atoms with E-state index in [1.807, 2.05) is 46.8 Å². The van der Waals surface area contributed by atoms with Gasteiger partial charge in [0.1, 0.15) is 11.1 Å². The molecule has 3 rings (SSSR count). The molecule has 7 nitrogen and oxygen atoms in total. The average Bonchev–Trinajstić information content (AvgIpc) is 2.96. The van der Waals surface area contributed by atoms with Crippen LogP contribution < -0.4 is 5.32 Å². The van der Waals surface area contributed by atoms with Crippen molar-refractivity contribution < 1.29 is 18.7 Å². The van der Waals surface area contributed by atoms with Crippen molar-refractivity contribution in [1.29, 1.82) is 0 Å². The number of carbonyl (C=O) groups is 2. The van der Waals surface area contributed by atoms with E-state index >= 15 is 0 Å². The summed E-state index contributed by atoms with van der Waals surface area (Å²) in [6, 6.07) is 4.20. The second kappa shape index (κ2) is 7.81. The minimum atomic E-state index is -0.496. The van der Waals surface area contributed by atoms with Gasteiger partial charge in [-0.1, -0.05) is 6.07 Å². The summed E-state index contributed by atoms with van der Waals surface area (Å²) in [7, 11) is 0. The van der Waals surface area contributed by atoms with Crippen LogP contribution in [0.1, 0.15) is 51.2 Å². The number of likely N-dealkylation sites (tertiary alicyclic amines) is 1. The Morgan fingerprint density at radius 3 is 2.57 bits per heavy atom. The van der Waals surface area contributed by atoms with Crippen LogP contribution in [0.3, 0.4) is 0 Å². The highest BCUT2D eigenvalue weighted by molar-refractivity contribution is 5.90. The van der Waals surface area contributed by atoms with Crippen LogP contribution in [-0.4, -0.2) is 40.6 Å². The molecule has 1 saturated heterocycles. The lowest BCUT2D eigenvalue weighted by atomic mass is 9.93. The number of benzene rings is 1. The van der Waals surface area contributed by atoms with Crippen LogP contribution in [-0.2, 0) is 9.53 Å². The maximum absolute atomic E-state index is 12.4. The second-order valence-electron chi connectivity index (χ2n) is 8.61. The number of fused-ring (bicyclic) bond motifs is 1. The molecule has 0 spiro atoms. The quantitative estimate of drug-likeness (QED) is 0.843. The molecule has 1 aliphatic heterocycles. The zero-order chi connectivity index (χ0) is 20.5. The Hall–Kier alpha value is -2.57. The first-order valence-corrected chi connectivity index (χ1v) is 9.76. The van der Waals surface area contributed by atoms with Gasteiger partial charge in [-0.15, -0.1) is 0 Å². The molecule has 1 aromatic carbocycles. The first-order valence-electron chi connectivity index (χ1n) is 9.76. The molecule has 0 atom stereocenters. The number of ether oxygens (including phenoxy) is 1. The molecule has 7 heteroatoms. The molecule has 0 saturated carbocycles. The summed E-state index contributed by atoms with van der Waals surface area (Å²) in [6.45, 7) is 10.8. The number of hydrogen-bond acceptors (Lipinski definition) is 5. The monoisotopic (exact) mass is 387 g/mol. The van der Waals surface area contributed by atoms with Gasteiger partial charge in [0.15, 0.2) is 5.58 Å². The summed E-state index contributed by atoms with van der Waals surface area (Å²) in [5.41, 5.74) is 3.06. The van der Waals surface area contributed by atoms with Gasteiger partial charge in [0, 0.05) is 19.5 Å². The number of anilines is 1. The predicted octanol–water partition coefficient (Wildman–Crippen LogP) is 4.42. The van der Waals surface area contributed by atoms with Crippen molar-refractivity contribution in [2.75, 3.05) is 18.4 Å².